The number of aryl methyl sites for hydroxylation is 2. The van der Waals surface area contributed by atoms with E-state index in [1.807, 2.05) is 67.8 Å². The molecule has 5 heteroatoms. The summed E-state index contributed by atoms with van der Waals surface area (Å²) in [5.74, 6) is -0.508. The largest absolute Gasteiger partial charge is 0.468 e. The molecule has 146 valence electrons. The fourth-order valence-electron chi connectivity index (χ4n) is 3.68. The summed E-state index contributed by atoms with van der Waals surface area (Å²) in [6.07, 6.45) is 1.73. The number of hydrogen-bond acceptors (Lipinski definition) is 4. The number of ether oxygens (including phenoxy) is 1. The van der Waals surface area contributed by atoms with E-state index in [4.69, 9.17) is 9.72 Å². The van der Waals surface area contributed by atoms with E-state index in [1.165, 1.54) is 12.7 Å². The van der Waals surface area contributed by atoms with Gasteiger partial charge in [0.1, 0.15) is 5.82 Å². The van der Waals surface area contributed by atoms with Crippen LogP contribution in [-0.2, 0) is 9.53 Å². The number of carbonyl (C=O) groups excluding carboxylic acids is 1. The van der Waals surface area contributed by atoms with Crippen LogP contribution in [0.5, 0.6) is 0 Å². The molecule has 29 heavy (non-hydrogen) atoms. The van der Waals surface area contributed by atoms with Crippen molar-refractivity contribution >= 4 is 16.7 Å². The Kier molecular flexibility index (Phi) is 4.89. The van der Waals surface area contributed by atoms with Crippen LogP contribution in [0.1, 0.15) is 34.4 Å². The van der Waals surface area contributed by atoms with Crippen molar-refractivity contribution in [2.75, 3.05) is 7.11 Å². The molecule has 4 rings (SSSR count). The van der Waals surface area contributed by atoms with Crippen LogP contribution < -0.4 is 0 Å². The molecule has 0 saturated heterocycles. The van der Waals surface area contributed by atoms with Crippen molar-refractivity contribution in [2.45, 2.75) is 26.7 Å². The van der Waals surface area contributed by atoms with E-state index in [1.54, 1.807) is 6.20 Å². The van der Waals surface area contributed by atoms with Gasteiger partial charge in [0.15, 0.2) is 5.92 Å². The van der Waals surface area contributed by atoms with Gasteiger partial charge in [0.25, 0.3) is 0 Å². The first kappa shape index (κ1) is 18.9. The van der Waals surface area contributed by atoms with Gasteiger partial charge in [-0.1, -0.05) is 42.0 Å². The molecule has 1 unspecified atom stereocenters. The molecule has 0 aliphatic rings. The third kappa shape index (κ3) is 3.29. The highest BCUT2D eigenvalue weighted by molar-refractivity contribution is 5.91. The Morgan fingerprint density at radius 2 is 1.72 bits per heavy atom. The molecule has 0 amide bonds. The number of nitrogens with zero attached hydrogens (tertiary/aromatic N) is 3. The molecule has 0 bridgehead atoms. The summed E-state index contributed by atoms with van der Waals surface area (Å²) in [4.78, 5) is 22.4. The van der Waals surface area contributed by atoms with Crippen LogP contribution in [0.2, 0.25) is 0 Å². The topological polar surface area (TPSA) is 57.0 Å². The van der Waals surface area contributed by atoms with Crippen LogP contribution in [0.15, 0.2) is 60.8 Å². The van der Waals surface area contributed by atoms with E-state index in [-0.39, 0.29) is 5.97 Å². The number of imidazole rings is 1. The molecular weight excluding hydrogens is 362 g/mol. The number of fused-ring (bicyclic) bond motifs is 1. The maximum Gasteiger partial charge on any atom is 0.322 e. The molecule has 0 spiro atoms. The van der Waals surface area contributed by atoms with E-state index in [0.29, 0.717) is 11.5 Å². The molecule has 0 radical (unpaired) electrons. The van der Waals surface area contributed by atoms with Gasteiger partial charge < -0.3 is 4.74 Å². The van der Waals surface area contributed by atoms with Crippen molar-refractivity contribution in [2.24, 2.45) is 0 Å². The first-order valence-electron chi connectivity index (χ1n) is 9.55. The Balaban J connectivity index is 2.00. The average Bonchev–Trinajstić information content (AvgIpc) is 3.03. The quantitative estimate of drug-likeness (QED) is 0.480. The summed E-state index contributed by atoms with van der Waals surface area (Å²) < 4.78 is 7.22. The van der Waals surface area contributed by atoms with Crippen LogP contribution >= 0.6 is 0 Å². The highest BCUT2D eigenvalue weighted by atomic mass is 16.5. The van der Waals surface area contributed by atoms with Crippen molar-refractivity contribution < 1.29 is 9.53 Å². The summed E-state index contributed by atoms with van der Waals surface area (Å²) in [5.41, 5.74) is 4.63. The molecule has 2 heterocycles. The van der Waals surface area contributed by atoms with Gasteiger partial charge in [-0.15, -0.1) is 0 Å². The molecule has 0 saturated carbocycles. The molecule has 2 aromatic carbocycles. The second-order valence-corrected chi connectivity index (χ2v) is 7.19. The summed E-state index contributed by atoms with van der Waals surface area (Å²) in [7, 11) is 1.40. The summed E-state index contributed by atoms with van der Waals surface area (Å²) in [5, 5.41) is 1.94. The van der Waals surface area contributed by atoms with E-state index < -0.39 is 5.92 Å². The SMILES string of the molecule is COC(=O)C(c1nccc2ccccc12)c1nc(C)c(C)n1-c1ccc(C)cc1. The third-order valence-corrected chi connectivity index (χ3v) is 5.34. The number of rotatable bonds is 4. The zero-order valence-corrected chi connectivity index (χ0v) is 17.0. The van der Waals surface area contributed by atoms with Crippen molar-refractivity contribution in [3.05, 3.63) is 89.3 Å². The van der Waals surface area contributed by atoms with Gasteiger partial charge in [-0.2, -0.15) is 0 Å². The van der Waals surface area contributed by atoms with Gasteiger partial charge in [-0.25, -0.2) is 4.98 Å². The first-order chi connectivity index (χ1) is 14.0. The lowest BCUT2D eigenvalue weighted by atomic mass is 9.98. The monoisotopic (exact) mass is 385 g/mol. The average molecular weight is 385 g/mol. The number of carbonyl (C=O) groups is 1. The third-order valence-electron chi connectivity index (χ3n) is 5.34. The Morgan fingerprint density at radius 1 is 1.00 bits per heavy atom. The first-order valence-corrected chi connectivity index (χ1v) is 9.55. The lowest BCUT2D eigenvalue weighted by Gasteiger charge is -2.18. The fraction of sp³-hybridized carbons (Fsp3) is 0.208. The molecule has 0 fully saturated rings. The van der Waals surface area contributed by atoms with E-state index in [0.717, 1.165) is 27.8 Å². The summed E-state index contributed by atoms with van der Waals surface area (Å²) in [6, 6.07) is 18.0. The maximum atomic E-state index is 13.0. The smallest absolute Gasteiger partial charge is 0.322 e. The predicted molar refractivity (Wildman–Crippen MR) is 113 cm³/mol. The number of methoxy groups -OCH3 is 1. The zero-order valence-electron chi connectivity index (χ0n) is 17.0. The summed E-state index contributed by atoms with van der Waals surface area (Å²) in [6.45, 7) is 6.01. The Bertz CT molecular complexity index is 1190. The Labute approximate surface area is 170 Å². The van der Waals surface area contributed by atoms with Crippen molar-refractivity contribution in [1.29, 1.82) is 0 Å². The second kappa shape index (κ2) is 7.51. The van der Waals surface area contributed by atoms with Crippen LogP contribution in [0.25, 0.3) is 16.5 Å². The van der Waals surface area contributed by atoms with Gasteiger partial charge >= 0.3 is 5.97 Å². The van der Waals surface area contributed by atoms with E-state index >= 15 is 0 Å². The Morgan fingerprint density at radius 3 is 2.45 bits per heavy atom. The van der Waals surface area contributed by atoms with Crippen LogP contribution in [0, 0.1) is 20.8 Å². The number of benzene rings is 2. The van der Waals surface area contributed by atoms with Gasteiger partial charge in [0, 0.05) is 23.0 Å². The van der Waals surface area contributed by atoms with E-state index in [2.05, 4.69) is 17.1 Å². The predicted octanol–water partition coefficient (Wildman–Crippen LogP) is 4.65. The minimum absolute atomic E-state index is 0.382. The normalized spacial score (nSPS) is 12.1. The minimum Gasteiger partial charge on any atom is -0.468 e. The van der Waals surface area contributed by atoms with Crippen molar-refractivity contribution in [3.8, 4) is 5.69 Å². The summed E-state index contributed by atoms with van der Waals surface area (Å²) >= 11 is 0. The lowest BCUT2D eigenvalue weighted by molar-refractivity contribution is -0.141. The second-order valence-electron chi connectivity index (χ2n) is 7.19. The van der Waals surface area contributed by atoms with Crippen LogP contribution in [0.4, 0.5) is 0 Å². The number of aromatic nitrogens is 3. The van der Waals surface area contributed by atoms with Gasteiger partial charge in [-0.3, -0.25) is 14.3 Å². The van der Waals surface area contributed by atoms with Crippen LogP contribution in [-0.4, -0.2) is 27.6 Å². The maximum absolute atomic E-state index is 13.0. The Hall–Kier alpha value is -3.47. The van der Waals surface area contributed by atoms with Gasteiger partial charge in [0.05, 0.1) is 18.5 Å². The highest BCUT2D eigenvalue weighted by Gasteiger charge is 2.32. The van der Waals surface area contributed by atoms with Crippen LogP contribution in [0.3, 0.4) is 0 Å². The van der Waals surface area contributed by atoms with Gasteiger partial charge in [-0.05, 0) is 44.4 Å². The molecule has 1 atom stereocenters. The number of esters is 1. The van der Waals surface area contributed by atoms with Crippen molar-refractivity contribution in [1.82, 2.24) is 14.5 Å². The number of pyridine rings is 1. The zero-order chi connectivity index (χ0) is 20.5. The highest BCUT2D eigenvalue weighted by Crippen LogP contribution is 2.32. The molecule has 4 aromatic rings. The standard InChI is InChI=1S/C24H23N3O2/c1-15-9-11-19(12-10-15)27-17(3)16(2)26-23(27)21(24(28)29-4)22-20-8-6-5-7-18(20)13-14-25-22/h5-14,21H,1-4H3. The molecule has 0 N–H and O–H groups in total. The van der Waals surface area contributed by atoms with E-state index in [9.17, 15) is 4.79 Å². The lowest BCUT2D eigenvalue weighted by Crippen LogP contribution is -2.21. The molecular formula is C24H23N3O2. The molecule has 0 aliphatic carbocycles. The minimum atomic E-state index is -0.736. The fourth-order valence-corrected chi connectivity index (χ4v) is 3.68. The van der Waals surface area contributed by atoms with Gasteiger partial charge in [0.2, 0.25) is 0 Å². The molecule has 2 aromatic heterocycles. The number of hydrogen-bond donors (Lipinski definition) is 0. The molecule has 0 aliphatic heterocycles. The molecule has 5 nitrogen and oxygen atoms in total. The van der Waals surface area contributed by atoms with Crippen molar-refractivity contribution in [3.63, 3.8) is 0 Å².